The highest BCUT2D eigenvalue weighted by Crippen LogP contribution is 2.20. The van der Waals surface area contributed by atoms with Crippen molar-refractivity contribution in [1.82, 2.24) is 4.90 Å². The lowest BCUT2D eigenvalue weighted by molar-refractivity contribution is -0.153. The number of morpholine rings is 1. The highest BCUT2D eigenvalue weighted by atomic mass is 16.5. The molecule has 4 heteroatoms. The van der Waals surface area contributed by atoms with Crippen molar-refractivity contribution in [2.24, 2.45) is 0 Å². The first-order valence-electron chi connectivity index (χ1n) is 6.79. The Balaban J connectivity index is 2.06. The molecule has 0 spiro atoms. The third-order valence-electron chi connectivity index (χ3n) is 3.44. The predicted molar refractivity (Wildman–Crippen MR) is 72.6 cm³/mol. The van der Waals surface area contributed by atoms with Crippen LogP contribution in [0, 0.1) is 0 Å². The second-order valence-electron chi connectivity index (χ2n) is 5.03. The summed E-state index contributed by atoms with van der Waals surface area (Å²) >= 11 is 0. The monoisotopic (exact) mass is 263 g/mol. The van der Waals surface area contributed by atoms with Crippen molar-refractivity contribution in [2.75, 3.05) is 13.1 Å². The van der Waals surface area contributed by atoms with Gasteiger partial charge in [0.25, 0.3) is 5.91 Å². The molecular formula is C15H21NO3. The Hall–Kier alpha value is -1.39. The minimum Gasteiger partial charge on any atom is -0.378 e. The van der Waals surface area contributed by atoms with Gasteiger partial charge < -0.3 is 14.7 Å². The normalized spacial score (nSPS) is 25.1. The van der Waals surface area contributed by atoms with Gasteiger partial charge in [-0.2, -0.15) is 0 Å². The summed E-state index contributed by atoms with van der Waals surface area (Å²) in [5.41, 5.74) is 0.639. The van der Waals surface area contributed by atoms with Crippen LogP contribution in [0.25, 0.3) is 0 Å². The van der Waals surface area contributed by atoms with Gasteiger partial charge in [0, 0.05) is 13.1 Å². The Morgan fingerprint density at radius 1 is 1.42 bits per heavy atom. The molecule has 3 unspecified atom stereocenters. The van der Waals surface area contributed by atoms with E-state index in [4.69, 9.17) is 4.74 Å². The SMILES string of the molecule is CCC1CN(C(=O)C(O)c2ccccc2)CC(C)O1. The summed E-state index contributed by atoms with van der Waals surface area (Å²) in [6.45, 7) is 5.10. The molecule has 0 aromatic heterocycles. The molecule has 1 aliphatic rings. The van der Waals surface area contributed by atoms with E-state index in [9.17, 15) is 9.90 Å². The van der Waals surface area contributed by atoms with Crippen LogP contribution in [-0.2, 0) is 9.53 Å². The zero-order chi connectivity index (χ0) is 13.8. The molecule has 0 saturated carbocycles. The van der Waals surface area contributed by atoms with Crippen LogP contribution in [0.4, 0.5) is 0 Å². The summed E-state index contributed by atoms with van der Waals surface area (Å²) in [4.78, 5) is 14.0. The zero-order valence-corrected chi connectivity index (χ0v) is 11.5. The molecule has 1 heterocycles. The van der Waals surface area contributed by atoms with Crippen molar-refractivity contribution in [2.45, 2.75) is 38.6 Å². The van der Waals surface area contributed by atoms with Crippen LogP contribution in [0.3, 0.4) is 0 Å². The number of ether oxygens (including phenoxy) is 1. The smallest absolute Gasteiger partial charge is 0.256 e. The van der Waals surface area contributed by atoms with Gasteiger partial charge in [0.05, 0.1) is 12.2 Å². The Morgan fingerprint density at radius 2 is 2.11 bits per heavy atom. The summed E-state index contributed by atoms with van der Waals surface area (Å²) in [5.74, 6) is -0.236. The number of nitrogens with zero attached hydrogens (tertiary/aromatic N) is 1. The van der Waals surface area contributed by atoms with Crippen LogP contribution in [-0.4, -0.2) is 41.2 Å². The molecular weight excluding hydrogens is 242 g/mol. The van der Waals surface area contributed by atoms with Crippen molar-refractivity contribution in [3.05, 3.63) is 35.9 Å². The molecule has 1 aromatic carbocycles. The van der Waals surface area contributed by atoms with E-state index in [1.54, 1.807) is 17.0 Å². The minimum atomic E-state index is -1.08. The van der Waals surface area contributed by atoms with Crippen molar-refractivity contribution in [1.29, 1.82) is 0 Å². The number of rotatable bonds is 3. The Morgan fingerprint density at radius 3 is 2.74 bits per heavy atom. The molecule has 0 bridgehead atoms. The van der Waals surface area contributed by atoms with Crippen LogP contribution in [0.2, 0.25) is 0 Å². The van der Waals surface area contributed by atoms with Gasteiger partial charge in [-0.3, -0.25) is 4.79 Å². The van der Waals surface area contributed by atoms with Crippen LogP contribution in [0.1, 0.15) is 31.9 Å². The summed E-state index contributed by atoms with van der Waals surface area (Å²) in [5, 5.41) is 10.2. The quantitative estimate of drug-likeness (QED) is 0.903. The molecule has 1 amide bonds. The first-order chi connectivity index (χ1) is 9.11. The number of aliphatic hydroxyl groups excluding tert-OH is 1. The lowest BCUT2D eigenvalue weighted by Gasteiger charge is -2.37. The van der Waals surface area contributed by atoms with Crippen molar-refractivity contribution in [3.63, 3.8) is 0 Å². The number of hydrogen-bond donors (Lipinski definition) is 1. The first kappa shape index (κ1) is 14.0. The average molecular weight is 263 g/mol. The number of carbonyl (C=O) groups excluding carboxylic acids is 1. The largest absolute Gasteiger partial charge is 0.378 e. The van der Waals surface area contributed by atoms with Gasteiger partial charge in [-0.05, 0) is 18.9 Å². The second kappa shape index (κ2) is 6.17. The number of carbonyl (C=O) groups is 1. The van der Waals surface area contributed by atoms with E-state index in [2.05, 4.69) is 0 Å². The Bertz CT molecular complexity index is 421. The minimum absolute atomic E-state index is 0.0191. The molecule has 104 valence electrons. The first-order valence-corrected chi connectivity index (χ1v) is 6.79. The third-order valence-corrected chi connectivity index (χ3v) is 3.44. The molecule has 1 N–H and O–H groups in total. The van der Waals surface area contributed by atoms with Gasteiger partial charge in [0.1, 0.15) is 0 Å². The van der Waals surface area contributed by atoms with Crippen molar-refractivity contribution >= 4 is 5.91 Å². The molecule has 0 aliphatic carbocycles. The van der Waals surface area contributed by atoms with Crippen LogP contribution >= 0.6 is 0 Å². The maximum absolute atomic E-state index is 12.3. The summed E-state index contributed by atoms with van der Waals surface area (Å²) in [6.07, 6.45) is -0.125. The zero-order valence-electron chi connectivity index (χ0n) is 11.5. The number of aliphatic hydroxyl groups is 1. The standard InChI is InChI=1S/C15H21NO3/c1-3-13-10-16(9-11(2)19-13)15(18)14(17)12-7-5-4-6-8-12/h4-8,11,13-14,17H,3,9-10H2,1-2H3. The van der Waals surface area contributed by atoms with E-state index < -0.39 is 6.10 Å². The number of benzene rings is 1. The van der Waals surface area contributed by atoms with E-state index >= 15 is 0 Å². The highest BCUT2D eigenvalue weighted by molar-refractivity contribution is 5.82. The molecule has 1 aliphatic heterocycles. The van der Waals surface area contributed by atoms with E-state index in [1.165, 1.54) is 0 Å². The maximum Gasteiger partial charge on any atom is 0.256 e. The second-order valence-corrected chi connectivity index (χ2v) is 5.03. The fraction of sp³-hybridized carbons (Fsp3) is 0.533. The summed E-state index contributed by atoms with van der Waals surface area (Å²) in [7, 11) is 0. The van der Waals surface area contributed by atoms with Gasteiger partial charge in [-0.1, -0.05) is 37.3 Å². The average Bonchev–Trinajstić information content (AvgIpc) is 2.46. The fourth-order valence-corrected chi connectivity index (χ4v) is 2.40. The molecule has 3 atom stereocenters. The fourth-order valence-electron chi connectivity index (χ4n) is 2.40. The number of amides is 1. The molecule has 19 heavy (non-hydrogen) atoms. The molecule has 1 fully saturated rings. The van der Waals surface area contributed by atoms with Crippen LogP contribution in [0.15, 0.2) is 30.3 Å². The third kappa shape index (κ3) is 3.33. The number of hydrogen-bond acceptors (Lipinski definition) is 3. The van der Waals surface area contributed by atoms with Gasteiger partial charge in [0.2, 0.25) is 0 Å². The predicted octanol–water partition coefficient (Wildman–Crippen LogP) is 1.75. The van der Waals surface area contributed by atoms with Gasteiger partial charge in [-0.25, -0.2) is 0 Å². The maximum atomic E-state index is 12.3. The Labute approximate surface area is 114 Å². The Kier molecular flexibility index (Phi) is 4.56. The lowest BCUT2D eigenvalue weighted by atomic mass is 10.1. The van der Waals surface area contributed by atoms with E-state index in [-0.39, 0.29) is 18.1 Å². The van der Waals surface area contributed by atoms with Crippen molar-refractivity contribution in [3.8, 4) is 0 Å². The highest BCUT2D eigenvalue weighted by Gasteiger charge is 2.31. The lowest BCUT2D eigenvalue weighted by Crippen LogP contribution is -2.50. The molecule has 1 saturated heterocycles. The van der Waals surface area contributed by atoms with E-state index in [1.807, 2.05) is 32.0 Å². The van der Waals surface area contributed by atoms with Gasteiger partial charge >= 0.3 is 0 Å². The van der Waals surface area contributed by atoms with E-state index in [0.717, 1.165) is 6.42 Å². The topological polar surface area (TPSA) is 49.8 Å². The van der Waals surface area contributed by atoms with E-state index in [0.29, 0.717) is 18.7 Å². The summed E-state index contributed by atoms with van der Waals surface area (Å²) in [6, 6.07) is 9.04. The molecule has 2 rings (SSSR count). The van der Waals surface area contributed by atoms with Crippen LogP contribution in [0.5, 0.6) is 0 Å². The molecule has 1 aromatic rings. The van der Waals surface area contributed by atoms with Crippen molar-refractivity contribution < 1.29 is 14.6 Å². The van der Waals surface area contributed by atoms with Gasteiger partial charge in [-0.15, -0.1) is 0 Å². The van der Waals surface area contributed by atoms with Crippen LogP contribution < -0.4 is 0 Å². The van der Waals surface area contributed by atoms with Gasteiger partial charge in [0.15, 0.2) is 6.10 Å². The molecule has 0 radical (unpaired) electrons. The summed E-state index contributed by atoms with van der Waals surface area (Å²) < 4.78 is 5.73. The molecule has 4 nitrogen and oxygen atoms in total.